The van der Waals surface area contributed by atoms with Gasteiger partial charge in [0, 0.05) is 6.54 Å². The molecule has 13 heavy (non-hydrogen) atoms. The maximum atomic E-state index is 5.09. The highest BCUT2D eigenvalue weighted by Gasteiger charge is 2.03. The van der Waals surface area contributed by atoms with Crippen molar-refractivity contribution in [3.05, 3.63) is 12.3 Å². The Morgan fingerprint density at radius 1 is 1.62 bits per heavy atom. The van der Waals surface area contributed by atoms with Crippen LogP contribution in [0.1, 0.15) is 6.92 Å². The van der Waals surface area contributed by atoms with Crippen LogP contribution in [-0.4, -0.2) is 24.9 Å². The van der Waals surface area contributed by atoms with Crippen molar-refractivity contribution in [3.8, 4) is 5.75 Å². The van der Waals surface area contributed by atoms with Gasteiger partial charge < -0.3 is 10.1 Å². The van der Waals surface area contributed by atoms with Crippen molar-refractivity contribution in [2.45, 2.75) is 11.8 Å². The van der Waals surface area contributed by atoms with E-state index < -0.39 is 0 Å². The number of pyridine rings is 1. The number of hydrogen-bond acceptors (Lipinski definition) is 4. The molecule has 0 saturated heterocycles. The van der Waals surface area contributed by atoms with E-state index in [0.29, 0.717) is 0 Å². The van der Waals surface area contributed by atoms with Gasteiger partial charge in [0.1, 0.15) is 11.6 Å². The van der Waals surface area contributed by atoms with E-state index in [-0.39, 0.29) is 0 Å². The lowest BCUT2D eigenvalue weighted by Crippen LogP contribution is -2.00. The molecular formula is C9H14N2OS. The van der Waals surface area contributed by atoms with E-state index in [1.807, 2.05) is 12.3 Å². The summed E-state index contributed by atoms with van der Waals surface area (Å²) in [5, 5.41) is 3.19. The van der Waals surface area contributed by atoms with Crippen LogP contribution in [0, 0.1) is 0 Å². The van der Waals surface area contributed by atoms with E-state index in [9.17, 15) is 0 Å². The summed E-state index contributed by atoms with van der Waals surface area (Å²) in [6, 6.07) is 1.98. The smallest absolute Gasteiger partial charge is 0.139 e. The average molecular weight is 198 g/mol. The van der Waals surface area contributed by atoms with Crippen molar-refractivity contribution in [1.82, 2.24) is 4.98 Å². The third-order valence-electron chi connectivity index (χ3n) is 1.63. The Morgan fingerprint density at radius 2 is 2.38 bits per heavy atom. The summed E-state index contributed by atoms with van der Waals surface area (Å²) >= 11 is 1.66. The number of aromatic nitrogens is 1. The van der Waals surface area contributed by atoms with Gasteiger partial charge >= 0.3 is 0 Å². The molecule has 0 aromatic carbocycles. The second kappa shape index (κ2) is 4.97. The van der Waals surface area contributed by atoms with Gasteiger partial charge in [-0.2, -0.15) is 0 Å². The quantitative estimate of drug-likeness (QED) is 0.752. The van der Waals surface area contributed by atoms with Crippen molar-refractivity contribution in [1.29, 1.82) is 0 Å². The molecule has 1 N–H and O–H groups in total. The zero-order chi connectivity index (χ0) is 9.68. The summed E-state index contributed by atoms with van der Waals surface area (Å²) in [5.41, 5.74) is 0. The minimum atomic E-state index is 0.797. The second-order valence-electron chi connectivity index (χ2n) is 2.46. The number of nitrogens with zero attached hydrogens (tertiary/aromatic N) is 1. The van der Waals surface area contributed by atoms with Crippen LogP contribution in [0.5, 0.6) is 5.75 Å². The van der Waals surface area contributed by atoms with Crippen LogP contribution in [-0.2, 0) is 0 Å². The Labute approximate surface area is 82.9 Å². The fraction of sp³-hybridized carbons (Fsp3) is 0.444. The van der Waals surface area contributed by atoms with Gasteiger partial charge in [0.2, 0.25) is 0 Å². The average Bonchev–Trinajstić information content (AvgIpc) is 2.19. The lowest BCUT2D eigenvalue weighted by atomic mass is 10.4. The highest BCUT2D eigenvalue weighted by molar-refractivity contribution is 7.98. The van der Waals surface area contributed by atoms with Crippen LogP contribution in [0.3, 0.4) is 0 Å². The van der Waals surface area contributed by atoms with Gasteiger partial charge in [0.15, 0.2) is 0 Å². The molecule has 1 aromatic heterocycles. The van der Waals surface area contributed by atoms with Gasteiger partial charge in [-0.3, -0.25) is 0 Å². The zero-order valence-corrected chi connectivity index (χ0v) is 8.94. The van der Waals surface area contributed by atoms with Gasteiger partial charge in [-0.1, -0.05) is 0 Å². The van der Waals surface area contributed by atoms with Crippen molar-refractivity contribution < 1.29 is 4.74 Å². The highest BCUT2D eigenvalue weighted by Crippen LogP contribution is 2.26. The number of anilines is 1. The first kappa shape index (κ1) is 10.2. The molecule has 1 rings (SSSR count). The minimum absolute atomic E-state index is 0.797. The van der Waals surface area contributed by atoms with Crippen LogP contribution < -0.4 is 10.1 Å². The molecule has 3 nitrogen and oxygen atoms in total. The first-order valence-electron chi connectivity index (χ1n) is 4.13. The first-order valence-corrected chi connectivity index (χ1v) is 5.36. The SMILES string of the molecule is CCNc1ncc(OC)cc1SC. The minimum Gasteiger partial charge on any atom is -0.495 e. The molecule has 0 fully saturated rings. The van der Waals surface area contributed by atoms with E-state index >= 15 is 0 Å². The molecule has 4 heteroatoms. The van der Waals surface area contributed by atoms with Gasteiger partial charge in [0.05, 0.1) is 18.2 Å². The van der Waals surface area contributed by atoms with Crippen LogP contribution in [0.25, 0.3) is 0 Å². The van der Waals surface area contributed by atoms with Crippen LogP contribution in [0.2, 0.25) is 0 Å². The van der Waals surface area contributed by atoms with Crippen molar-refractivity contribution in [3.63, 3.8) is 0 Å². The molecular weight excluding hydrogens is 184 g/mol. The molecule has 1 aromatic rings. The number of rotatable bonds is 4. The van der Waals surface area contributed by atoms with E-state index in [1.54, 1.807) is 25.1 Å². The lowest BCUT2D eigenvalue weighted by molar-refractivity contribution is 0.412. The molecule has 0 atom stereocenters. The molecule has 0 amide bonds. The number of nitrogens with one attached hydrogen (secondary N) is 1. The van der Waals surface area contributed by atoms with Crippen molar-refractivity contribution in [2.24, 2.45) is 0 Å². The van der Waals surface area contributed by atoms with E-state index in [2.05, 4.69) is 17.2 Å². The Morgan fingerprint density at radius 3 is 2.92 bits per heavy atom. The number of methoxy groups -OCH3 is 1. The predicted octanol–water partition coefficient (Wildman–Crippen LogP) is 2.24. The molecule has 72 valence electrons. The summed E-state index contributed by atoms with van der Waals surface area (Å²) in [5.74, 6) is 1.72. The molecule has 0 aliphatic rings. The molecule has 0 aliphatic heterocycles. The largest absolute Gasteiger partial charge is 0.495 e. The summed E-state index contributed by atoms with van der Waals surface area (Å²) in [4.78, 5) is 5.37. The Balaban J connectivity index is 2.93. The first-order chi connectivity index (χ1) is 6.31. The molecule has 0 radical (unpaired) electrons. The molecule has 0 bridgehead atoms. The molecule has 1 heterocycles. The Kier molecular flexibility index (Phi) is 3.89. The lowest BCUT2D eigenvalue weighted by Gasteiger charge is -2.08. The Hall–Kier alpha value is -0.900. The van der Waals surface area contributed by atoms with Crippen LogP contribution in [0.15, 0.2) is 17.2 Å². The molecule has 0 spiro atoms. The van der Waals surface area contributed by atoms with Crippen molar-refractivity contribution in [2.75, 3.05) is 25.2 Å². The highest BCUT2D eigenvalue weighted by atomic mass is 32.2. The maximum Gasteiger partial charge on any atom is 0.139 e. The maximum absolute atomic E-state index is 5.09. The van der Waals surface area contributed by atoms with E-state index in [1.165, 1.54) is 0 Å². The van der Waals surface area contributed by atoms with Gasteiger partial charge in [-0.25, -0.2) is 4.98 Å². The Bertz CT molecular complexity index is 278. The fourth-order valence-electron chi connectivity index (χ4n) is 0.994. The van der Waals surface area contributed by atoms with Gasteiger partial charge in [-0.15, -0.1) is 11.8 Å². The predicted molar refractivity (Wildman–Crippen MR) is 56.7 cm³/mol. The summed E-state index contributed by atoms with van der Waals surface area (Å²) in [6.07, 6.45) is 3.75. The van der Waals surface area contributed by atoms with Gasteiger partial charge in [0.25, 0.3) is 0 Å². The topological polar surface area (TPSA) is 34.2 Å². The van der Waals surface area contributed by atoms with E-state index in [0.717, 1.165) is 23.0 Å². The van der Waals surface area contributed by atoms with Crippen molar-refractivity contribution >= 4 is 17.6 Å². The second-order valence-corrected chi connectivity index (χ2v) is 3.30. The normalized spacial score (nSPS) is 9.77. The molecule has 0 aliphatic carbocycles. The third-order valence-corrected chi connectivity index (χ3v) is 2.38. The van der Waals surface area contributed by atoms with Gasteiger partial charge in [-0.05, 0) is 19.2 Å². The van der Waals surface area contributed by atoms with E-state index in [4.69, 9.17) is 4.74 Å². The summed E-state index contributed by atoms with van der Waals surface area (Å²) < 4.78 is 5.09. The fourth-order valence-corrected chi connectivity index (χ4v) is 1.55. The van der Waals surface area contributed by atoms with Crippen LogP contribution >= 0.6 is 11.8 Å². The molecule has 0 saturated carbocycles. The number of thioether (sulfide) groups is 1. The number of ether oxygens (including phenoxy) is 1. The van der Waals surface area contributed by atoms with Crippen LogP contribution in [0.4, 0.5) is 5.82 Å². The third kappa shape index (κ3) is 2.52. The summed E-state index contributed by atoms with van der Waals surface area (Å²) in [6.45, 7) is 2.93. The standard InChI is InChI=1S/C9H14N2OS/c1-4-10-9-8(13-3)5-7(12-2)6-11-9/h5-6H,4H2,1-3H3,(H,10,11). The summed E-state index contributed by atoms with van der Waals surface area (Å²) in [7, 11) is 1.65. The monoisotopic (exact) mass is 198 g/mol. The zero-order valence-electron chi connectivity index (χ0n) is 8.13. The molecule has 0 unspecified atom stereocenters. The number of hydrogen-bond donors (Lipinski definition) is 1.